The Bertz CT molecular complexity index is 839. The first-order valence-corrected chi connectivity index (χ1v) is 8.87. The molecular formula is C16H16ClN3O3S. The summed E-state index contributed by atoms with van der Waals surface area (Å²) in [6.07, 6.45) is 4.68. The van der Waals surface area contributed by atoms with E-state index in [2.05, 4.69) is 21.6 Å². The van der Waals surface area contributed by atoms with E-state index in [1.165, 1.54) is 24.3 Å². The number of carbonyl (C=O) groups excluding carboxylic acids is 1. The molecule has 0 aliphatic heterocycles. The Labute approximate surface area is 145 Å². The second-order valence-electron chi connectivity index (χ2n) is 4.83. The lowest BCUT2D eigenvalue weighted by molar-refractivity contribution is 0.0958. The third-order valence-corrected chi connectivity index (χ3v) is 4.96. The van der Waals surface area contributed by atoms with Gasteiger partial charge in [-0.1, -0.05) is 23.7 Å². The van der Waals surface area contributed by atoms with E-state index in [4.69, 9.17) is 11.6 Å². The van der Waals surface area contributed by atoms with Gasteiger partial charge in [-0.25, -0.2) is 13.1 Å². The van der Waals surface area contributed by atoms with E-state index in [-0.39, 0.29) is 28.6 Å². The van der Waals surface area contributed by atoms with Gasteiger partial charge in [-0.05, 0) is 29.8 Å². The number of amides is 1. The number of sulfonamides is 1. The van der Waals surface area contributed by atoms with Crippen molar-refractivity contribution < 1.29 is 13.2 Å². The topological polar surface area (TPSA) is 88.2 Å². The van der Waals surface area contributed by atoms with Crippen LogP contribution in [0.2, 0.25) is 5.02 Å². The molecule has 1 aromatic heterocycles. The number of pyridine rings is 1. The summed E-state index contributed by atoms with van der Waals surface area (Å²) in [5.41, 5.74) is 0.903. The highest BCUT2D eigenvalue weighted by Gasteiger charge is 2.20. The fourth-order valence-electron chi connectivity index (χ4n) is 1.88. The zero-order chi connectivity index (χ0) is 17.6. The van der Waals surface area contributed by atoms with Gasteiger partial charge >= 0.3 is 0 Å². The summed E-state index contributed by atoms with van der Waals surface area (Å²) in [6.45, 7) is 3.85. The Balaban J connectivity index is 2.22. The maximum atomic E-state index is 12.5. The van der Waals surface area contributed by atoms with Gasteiger partial charge in [0, 0.05) is 31.0 Å². The minimum absolute atomic E-state index is 0.0361. The molecule has 0 aliphatic carbocycles. The van der Waals surface area contributed by atoms with E-state index < -0.39 is 15.9 Å². The van der Waals surface area contributed by atoms with Crippen LogP contribution in [-0.4, -0.2) is 25.9 Å². The first-order chi connectivity index (χ1) is 11.4. The largest absolute Gasteiger partial charge is 0.349 e. The molecule has 0 saturated heterocycles. The normalized spacial score (nSPS) is 11.0. The molecule has 126 valence electrons. The number of halogens is 1. The Morgan fingerprint density at radius 3 is 2.79 bits per heavy atom. The highest BCUT2D eigenvalue weighted by molar-refractivity contribution is 7.89. The van der Waals surface area contributed by atoms with Crippen molar-refractivity contribution in [2.24, 2.45) is 0 Å². The quantitative estimate of drug-likeness (QED) is 0.736. The lowest BCUT2D eigenvalue weighted by atomic mass is 10.2. The smallest absolute Gasteiger partial charge is 0.251 e. The van der Waals surface area contributed by atoms with Gasteiger partial charge in [0.05, 0.1) is 5.02 Å². The van der Waals surface area contributed by atoms with Gasteiger partial charge in [-0.15, -0.1) is 6.58 Å². The average molecular weight is 366 g/mol. The van der Waals surface area contributed by atoms with Gasteiger partial charge in [0.15, 0.2) is 0 Å². The minimum atomic E-state index is -3.88. The predicted molar refractivity (Wildman–Crippen MR) is 92.2 cm³/mol. The molecule has 0 fully saturated rings. The van der Waals surface area contributed by atoms with Crippen molar-refractivity contribution in [3.05, 3.63) is 71.5 Å². The van der Waals surface area contributed by atoms with Crippen LogP contribution < -0.4 is 10.0 Å². The fourth-order valence-corrected chi connectivity index (χ4v) is 3.42. The van der Waals surface area contributed by atoms with Gasteiger partial charge in [-0.3, -0.25) is 9.78 Å². The molecule has 1 aromatic carbocycles. The lowest BCUT2D eigenvalue weighted by Gasteiger charge is -2.10. The molecule has 0 atom stereocenters. The average Bonchev–Trinajstić information content (AvgIpc) is 2.59. The molecule has 0 spiro atoms. The van der Waals surface area contributed by atoms with Crippen LogP contribution >= 0.6 is 11.6 Å². The molecule has 2 rings (SSSR count). The third kappa shape index (κ3) is 4.64. The van der Waals surface area contributed by atoms with Crippen LogP contribution in [0.1, 0.15) is 15.9 Å². The van der Waals surface area contributed by atoms with E-state index in [9.17, 15) is 13.2 Å². The van der Waals surface area contributed by atoms with E-state index in [0.717, 1.165) is 0 Å². The SMILES string of the molecule is C=CCNC(=O)c1ccc(Cl)c(S(=O)(=O)NCc2cccnc2)c1. The van der Waals surface area contributed by atoms with E-state index >= 15 is 0 Å². The maximum Gasteiger partial charge on any atom is 0.251 e. The van der Waals surface area contributed by atoms with Crippen LogP contribution in [0, 0.1) is 0 Å². The number of benzene rings is 1. The molecule has 0 unspecified atom stereocenters. The summed E-state index contributed by atoms with van der Waals surface area (Å²) in [5, 5.41) is 2.62. The summed E-state index contributed by atoms with van der Waals surface area (Å²) in [4.78, 5) is 15.7. The summed E-state index contributed by atoms with van der Waals surface area (Å²) >= 11 is 5.99. The van der Waals surface area contributed by atoms with Crippen molar-refractivity contribution in [2.45, 2.75) is 11.4 Å². The zero-order valence-corrected chi connectivity index (χ0v) is 14.3. The summed E-state index contributed by atoms with van der Waals surface area (Å²) in [6, 6.07) is 7.54. The lowest BCUT2D eigenvalue weighted by Crippen LogP contribution is -2.26. The van der Waals surface area contributed by atoms with Gasteiger partial charge in [0.25, 0.3) is 5.91 Å². The van der Waals surface area contributed by atoms with Crippen LogP contribution in [-0.2, 0) is 16.6 Å². The number of hydrogen-bond acceptors (Lipinski definition) is 4. The first-order valence-electron chi connectivity index (χ1n) is 7.01. The molecule has 8 heteroatoms. The summed E-state index contributed by atoms with van der Waals surface area (Å²) in [7, 11) is -3.88. The summed E-state index contributed by atoms with van der Waals surface area (Å²) < 4.78 is 27.3. The molecule has 0 saturated carbocycles. The van der Waals surface area contributed by atoms with Gasteiger partial charge in [-0.2, -0.15) is 0 Å². The predicted octanol–water partition coefficient (Wildman–Crippen LogP) is 2.13. The first kappa shape index (κ1) is 18.1. The van der Waals surface area contributed by atoms with Crippen molar-refractivity contribution in [1.29, 1.82) is 0 Å². The fraction of sp³-hybridized carbons (Fsp3) is 0.125. The minimum Gasteiger partial charge on any atom is -0.349 e. The Hall–Kier alpha value is -2.22. The van der Waals surface area contributed by atoms with Crippen LogP contribution in [0.3, 0.4) is 0 Å². The van der Waals surface area contributed by atoms with Gasteiger partial charge in [0.2, 0.25) is 10.0 Å². The Kier molecular flexibility index (Phi) is 6.08. The summed E-state index contributed by atoms with van der Waals surface area (Å²) in [5.74, 6) is -0.407. The van der Waals surface area contributed by atoms with Crippen molar-refractivity contribution >= 4 is 27.5 Å². The molecule has 6 nitrogen and oxygen atoms in total. The van der Waals surface area contributed by atoms with Crippen LogP contribution in [0.15, 0.2) is 60.3 Å². The Morgan fingerprint density at radius 1 is 1.33 bits per heavy atom. The molecule has 1 heterocycles. The Morgan fingerprint density at radius 2 is 2.12 bits per heavy atom. The van der Waals surface area contributed by atoms with Crippen molar-refractivity contribution in [2.75, 3.05) is 6.54 Å². The van der Waals surface area contributed by atoms with E-state index in [1.807, 2.05) is 0 Å². The second kappa shape index (κ2) is 8.05. The molecule has 1 amide bonds. The van der Waals surface area contributed by atoms with Crippen LogP contribution in [0.4, 0.5) is 0 Å². The van der Waals surface area contributed by atoms with Crippen LogP contribution in [0.5, 0.6) is 0 Å². The number of aromatic nitrogens is 1. The number of rotatable bonds is 7. The number of hydrogen-bond donors (Lipinski definition) is 2. The molecule has 24 heavy (non-hydrogen) atoms. The second-order valence-corrected chi connectivity index (χ2v) is 6.97. The third-order valence-electron chi connectivity index (χ3n) is 3.08. The van der Waals surface area contributed by atoms with Gasteiger partial charge in [0.1, 0.15) is 4.90 Å². The highest BCUT2D eigenvalue weighted by Crippen LogP contribution is 2.23. The maximum absolute atomic E-state index is 12.5. The molecule has 2 N–H and O–H groups in total. The van der Waals surface area contributed by atoms with Gasteiger partial charge < -0.3 is 5.32 Å². The monoisotopic (exact) mass is 365 g/mol. The zero-order valence-electron chi connectivity index (χ0n) is 12.7. The number of nitrogens with zero attached hydrogens (tertiary/aromatic N) is 1. The van der Waals surface area contributed by atoms with Crippen LogP contribution in [0.25, 0.3) is 0 Å². The number of carbonyl (C=O) groups is 1. The van der Waals surface area contributed by atoms with E-state index in [0.29, 0.717) is 5.56 Å². The van der Waals surface area contributed by atoms with Crippen molar-refractivity contribution in [3.8, 4) is 0 Å². The van der Waals surface area contributed by atoms with Crippen molar-refractivity contribution in [3.63, 3.8) is 0 Å². The van der Waals surface area contributed by atoms with Crippen molar-refractivity contribution in [1.82, 2.24) is 15.0 Å². The molecule has 0 radical (unpaired) electrons. The molecule has 0 aliphatic rings. The highest BCUT2D eigenvalue weighted by atomic mass is 35.5. The van der Waals surface area contributed by atoms with E-state index in [1.54, 1.807) is 24.5 Å². The standard InChI is InChI=1S/C16H16ClN3O3S/c1-2-7-19-16(21)13-5-6-14(17)15(9-13)24(22,23)20-11-12-4-3-8-18-10-12/h2-6,8-10,20H,1,7,11H2,(H,19,21). The molecular weight excluding hydrogens is 350 g/mol. The molecule has 2 aromatic rings. The number of nitrogens with one attached hydrogen (secondary N) is 2. The molecule has 0 bridgehead atoms.